The number of para-hydroxylation sites is 1. The standard InChI is InChI=1S/C23H33N3O2/c1-17(27)25-23-14-18-11-19(15-23)13-22(12-18,16-23)21(28)24-9-6-10-26(2)20-7-4-3-5-8-20/h3-5,7-8,18-19H,6,9-16H2,1-2H3,(H,24,28)(H,25,27). The normalized spacial score (nSPS) is 32.8. The molecule has 1 aromatic carbocycles. The summed E-state index contributed by atoms with van der Waals surface area (Å²) in [4.78, 5) is 27.2. The third kappa shape index (κ3) is 3.76. The molecule has 4 aliphatic rings. The van der Waals surface area contributed by atoms with Crippen LogP contribution in [0.2, 0.25) is 0 Å². The van der Waals surface area contributed by atoms with E-state index in [9.17, 15) is 9.59 Å². The lowest BCUT2D eigenvalue weighted by Crippen LogP contribution is -2.65. The highest BCUT2D eigenvalue weighted by atomic mass is 16.2. The van der Waals surface area contributed by atoms with Crippen LogP contribution in [-0.4, -0.2) is 37.5 Å². The highest BCUT2D eigenvalue weighted by molar-refractivity contribution is 5.84. The second-order valence-corrected chi connectivity index (χ2v) is 9.57. The summed E-state index contributed by atoms with van der Waals surface area (Å²) in [6.45, 7) is 3.23. The average molecular weight is 384 g/mol. The lowest BCUT2D eigenvalue weighted by Gasteiger charge is -2.61. The summed E-state index contributed by atoms with van der Waals surface area (Å²) in [7, 11) is 2.09. The van der Waals surface area contributed by atoms with E-state index in [0.29, 0.717) is 18.4 Å². The Labute approximate surface area is 168 Å². The molecule has 0 spiro atoms. The van der Waals surface area contributed by atoms with Crippen LogP contribution in [0.5, 0.6) is 0 Å². The van der Waals surface area contributed by atoms with Gasteiger partial charge in [0, 0.05) is 38.3 Å². The molecule has 0 heterocycles. The summed E-state index contributed by atoms with van der Waals surface area (Å²) in [5.41, 5.74) is 0.797. The fourth-order valence-corrected chi connectivity index (χ4v) is 6.57. The summed E-state index contributed by atoms with van der Waals surface area (Å²) in [6, 6.07) is 10.3. The van der Waals surface area contributed by atoms with E-state index >= 15 is 0 Å². The molecule has 2 unspecified atom stereocenters. The maximum absolute atomic E-state index is 13.2. The van der Waals surface area contributed by atoms with Gasteiger partial charge < -0.3 is 15.5 Å². The van der Waals surface area contributed by atoms with Crippen LogP contribution in [0, 0.1) is 17.3 Å². The first kappa shape index (κ1) is 19.3. The van der Waals surface area contributed by atoms with E-state index in [1.807, 2.05) is 18.2 Å². The van der Waals surface area contributed by atoms with Gasteiger partial charge in [-0.15, -0.1) is 0 Å². The Balaban J connectivity index is 1.32. The van der Waals surface area contributed by atoms with Crippen molar-refractivity contribution in [1.82, 2.24) is 10.6 Å². The van der Waals surface area contributed by atoms with Crippen molar-refractivity contribution >= 4 is 17.5 Å². The predicted molar refractivity (Wildman–Crippen MR) is 111 cm³/mol. The summed E-state index contributed by atoms with van der Waals surface area (Å²) in [5, 5.41) is 6.48. The molecule has 0 aliphatic heterocycles. The molecule has 0 aromatic heterocycles. The van der Waals surface area contributed by atoms with Gasteiger partial charge in [-0.25, -0.2) is 0 Å². The molecule has 5 heteroatoms. The Morgan fingerprint density at radius 2 is 1.79 bits per heavy atom. The molecule has 1 aromatic rings. The van der Waals surface area contributed by atoms with Crippen molar-refractivity contribution in [2.75, 3.05) is 25.0 Å². The van der Waals surface area contributed by atoms with E-state index in [1.165, 1.54) is 12.1 Å². The molecule has 4 saturated carbocycles. The van der Waals surface area contributed by atoms with Crippen LogP contribution in [0.1, 0.15) is 51.9 Å². The first-order valence-corrected chi connectivity index (χ1v) is 10.7. The van der Waals surface area contributed by atoms with Crippen molar-refractivity contribution in [3.63, 3.8) is 0 Å². The van der Waals surface area contributed by atoms with Crippen molar-refractivity contribution in [2.24, 2.45) is 17.3 Å². The second-order valence-electron chi connectivity index (χ2n) is 9.57. The van der Waals surface area contributed by atoms with Gasteiger partial charge in [-0.05, 0) is 68.9 Å². The number of rotatable bonds is 7. The smallest absolute Gasteiger partial charge is 0.226 e. The Bertz CT molecular complexity index is 719. The highest BCUT2D eigenvalue weighted by Crippen LogP contribution is 2.61. The van der Waals surface area contributed by atoms with E-state index < -0.39 is 0 Å². The number of hydrogen-bond donors (Lipinski definition) is 2. The van der Waals surface area contributed by atoms with Gasteiger partial charge in [0.1, 0.15) is 0 Å². The van der Waals surface area contributed by atoms with Gasteiger partial charge in [0.25, 0.3) is 0 Å². The van der Waals surface area contributed by atoms with Crippen molar-refractivity contribution in [1.29, 1.82) is 0 Å². The zero-order valence-electron chi connectivity index (χ0n) is 17.2. The van der Waals surface area contributed by atoms with Gasteiger partial charge in [-0.1, -0.05) is 18.2 Å². The number of nitrogens with one attached hydrogen (secondary N) is 2. The SMILES string of the molecule is CC(=O)NC12CC3CC(C1)CC(C(=O)NCCCN(C)c1ccccc1)(C3)C2. The summed E-state index contributed by atoms with van der Waals surface area (Å²) in [5.74, 6) is 1.44. The van der Waals surface area contributed by atoms with Crippen LogP contribution >= 0.6 is 0 Å². The first-order chi connectivity index (χ1) is 13.4. The molecule has 152 valence electrons. The molecular formula is C23H33N3O2. The molecule has 28 heavy (non-hydrogen) atoms. The molecule has 4 aliphatic carbocycles. The number of amides is 2. The minimum Gasteiger partial charge on any atom is -0.375 e. The monoisotopic (exact) mass is 383 g/mol. The van der Waals surface area contributed by atoms with Crippen molar-refractivity contribution in [3.8, 4) is 0 Å². The maximum atomic E-state index is 13.2. The third-order valence-corrected chi connectivity index (χ3v) is 7.14. The van der Waals surface area contributed by atoms with Crippen molar-refractivity contribution < 1.29 is 9.59 Å². The number of anilines is 1. The maximum Gasteiger partial charge on any atom is 0.226 e. The topological polar surface area (TPSA) is 61.4 Å². The quantitative estimate of drug-likeness (QED) is 0.711. The fraction of sp³-hybridized carbons (Fsp3) is 0.652. The Morgan fingerprint density at radius 1 is 1.11 bits per heavy atom. The highest BCUT2D eigenvalue weighted by Gasteiger charge is 2.60. The molecular weight excluding hydrogens is 350 g/mol. The summed E-state index contributed by atoms with van der Waals surface area (Å²) in [6.07, 6.45) is 7.10. The van der Waals surface area contributed by atoms with Crippen molar-refractivity contribution in [3.05, 3.63) is 30.3 Å². The van der Waals surface area contributed by atoms with Gasteiger partial charge in [-0.3, -0.25) is 9.59 Å². The number of benzene rings is 1. The molecule has 2 amide bonds. The lowest BCUT2D eigenvalue weighted by molar-refractivity contribution is -0.153. The van der Waals surface area contributed by atoms with Crippen LogP contribution in [0.25, 0.3) is 0 Å². The fourth-order valence-electron chi connectivity index (χ4n) is 6.57. The molecule has 0 radical (unpaired) electrons. The van der Waals surface area contributed by atoms with Gasteiger partial charge in [0.2, 0.25) is 11.8 Å². The summed E-state index contributed by atoms with van der Waals surface area (Å²) < 4.78 is 0. The molecule has 4 fully saturated rings. The lowest BCUT2D eigenvalue weighted by atomic mass is 9.46. The van der Waals surface area contributed by atoms with E-state index in [1.54, 1.807) is 6.92 Å². The molecule has 2 N–H and O–H groups in total. The molecule has 0 saturated heterocycles. The van der Waals surface area contributed by atoms with Crippen LogP contribution in [0.4, 0.5) is 5.69 Å². The molecule has 4 bridgehead atoms. The van der Waals surface area contributed by atoms with Gasteiger partial charge in [0.05, 0.1) is 5.41 Å². The Morgan fingerprint density at radius 3 is 2.43 bits per heavy atom. The zero-order valence-corrected chi connectivity index (χ0v) is 17.2. The Kier molecular flexibility index (Phi) is 5.11. The first-order valence-electron chi connectivity index (χ1n) is 10.7. The van der Waals surface area contributed by atoms with Crippen LogP contribution in [0.3, 0.4) is 0 Å². The van der Waals surface area contributed by atoms with Crippen LogP contribution in [0.15, 0.2) is 30.3 Å². The minimum absolute atomic E-state index is 0.0430. The third-order valence-electron chi connectivity index (χ3n) is 7.14. The van der Waals surface area contributed by atoms with E-state index in [0.717, 1.165) is 45.1 Å². The molecule has 2 atom stereocenters. The number of carbonyl (C=O) groups is 2. The van der Waals surface area contributed by atoms with Crippen LogP contribution < -0.4 is 15.5 Å². The van der Waals surface area contributed by atoms with Crippen molar-refractivity contribution in [2.45, 2.75) is 57.4 Å². The van der Waals surface area contributed by atoms with E-state index in [2.05, 4.69) is 34.7 Å². The predicted octanol–water partition coefficient (Wildman–Crippen LogP) is 3.10. The Hall–Kier alpha value is -2.04. The average Bonchev–Trinajstić information content (AvgIpc) is 2.63. The van der Waals surface area contributed by atoms with Gasteiger partial charge >= 0.3 is 0 Å². The minimum atomic E-state index is -0.266. The van der Waals surface area contributed by atoms with Gasteiger partial charge in [0.15, 0.2) is 0 Å². The molecule has 5 nitrogen and oxygen atoms in total. The van der Waals surface area contributed by atoms with E-state index in [-0.39, 0.29) is 22.8 Å². The van der Waals surface area contributed by atoms with E-state index in [4.69, 9.17) is 0 Å². The zero-order chi connectivity index (χ0) is 19.8. The molecule has 5 rings (SSSR count). The van der Waals surface area contributed by atoms with Gasteiger partial charge in [-0.2, -0.15) is 0 Å². The summed E-state index contributed by atoms with van der Waals surface area (Å²) >= 11 is 0. The second kappa shape index (κ2) is 7.41. The number of hydrogen-bond acceptors (Lipinski definition) is 3. The number of carbonyl (C=O) groups excluding carboxylic acids is 2. The van der Waals surface area contributed by atoms with Crippen LogP contribution in [-0.2, 0) is 9.59 Å². The number of nitrogens with zero attached hydrogens (tertiary/aromatic N) is 1. The largest absolute Gasteiger partial charge is 0.375 e.